The van der Waals surface area contributed by atoms with E-state index in [9.17, 15) is 14.7 Å². The van der Waals surface area contributed by atoms with Crippen LogP contribution < -0.4 is 10.6 Å². The summed E-state index contributed by atoms with van der Waals surface area (Å²) in [5.74, 6) is -1.12. The van der Waals surface area contributed by atoms with Crippen LogP contribution in [-0.2, 0) is 9.59 Å². The number of carbonyl (C=O) groups excluding carboxylic acids is 2. The molecule has 32 heavy (non-hydrogen) atoms. The minimum atomic E-state index is -0.883. The van der Waals surface area contributed by atoms with Gasteiger partial charge in [-0.3, -0.25) is 9.59 Å². The van der Waals surface area contributed by atoms with Crippen molar-refractivity contribution in [2.75, 3.05) is 6.61 Å². The van der Waals surface area contributed by atoms with Crippen LogP contribution in [0.2, 0.25) is 0 Å². The van der Waals surface area contributed by atoms with Gasteiger partial charge in [0, 0.05) is 0 Å². The summed E-state index contributed by atoms with van der Waals surface area (Å²) in [7, 11) is 0. The molecule has 0 unspecified atom stereocenters. The Morgan fingerprint density at radius 1 is 0.688 bits per heavy atom. The van der Waals surface area contributed by atoms with Crippen LogP contribution in [-0.4, -0.2) is 29.6 Å². The number of hydrogen-bond acceptors (Lipinski definition) is 3. The first-order chi connectivity index (χ1) is 15.5. The average molecular weight is 431 g/mol. The number of aliphatic hydroxyl groups excluding tert-OH is 1. The van der Waals surface area contributed by atoms with Gasteiger partial charge in [0.15, 0.2) is 0 Å². The Labute approximate surface area is 189 Å². The molecular weight excluding hydrogens is 400 g/mol. The Morgan fingerprint density at radius 3 is 1.53 bits per heavy atom. The zero-order valence-electron chi connectivity index (χ0n) is 18.4. The van der Waals surface area contributed by atoms with E-state index >= 15 is 0 Å². The lowest BCUT2D eigenvalue weighted by Gasteiger charge is -2.26. The first kappa shape index (κ1) is 23.2. The molecule has 0 spiro atoms. The fourth-order valence-corrected chi connectivity index (χ4v) is 3.65. The second kappa shape index (κ2) is 11.3. The van der Waals surface area contributed by atoms with Crippen molar-refractivity contribution in [2.24, 2.45) is 5.92 Å². The van der Waals surface area contributed by atoms with E-state index in [1.807, 2.05) is 105 Å². The summed E-state index contributed by atoms with van der Waals surface area (Å²) in [5, 5.41) is 15.5. The van der Waals surface area contributed by atoms with Gasteiger partial charge >= 0.3 is 0 Å². The second-order valence-corrected chi connectivity index (χ2v) is 8.15. The molecule has 3 N–H and O–H groups in total. The van der Waals surface area contributed by atoms with Crippen LogP contribution in [0.15, 0.2) is 91.0 Å². The van der Waals surface area contributed by atoms with Gasteiger partial charge in [0.05, 0.1) is 18.6 Å². The standard InChI is InChI=1S/C27H30N2O3/c1-19(2)23(18-30)28-27(32)25(22-16-10-5-11-17-22)29-26(31)24(20-12-6-3-7-13-20)21-14-8-4-9-15-21/h3-17,19,23-25,30H,18H2,1-2H3,(H,28,32)(H,29,31)/t23-,25-/m1/s1. The maximum Gasteiger partial charge on any atom is 0.247 e. The number of nitrogens with one attached hydrogen (secondary N) is 2. The molecule has 0 saturated carbocycles. The van der Waals surface area contributed by atoms with Crippen molar-refractivity contribution in [1.29, 1.82) is 0 Å². The van der Waals surface area contributed by atoms with E-state index < -0.39 is 18.0 Å². The molecule has 2 amide bonds. The predicted molar refractivity (Wildman–Crippen MR) is 126 cm³/mol. The minimum Gasteiger partial charge on any atom is -0.394 e. The normalized spacial score (nSPS) is 12.9. The van der Waals surface area contributed by atoms with Gasteiger partial charge in [0.1, 0.15) is 6.04 Å². The van der Waals surface area contributed by atoms with Crippen molar-refractivity contribution >= 4 is 11.8 Å². The summed E-state index contributed by atoms with van der Waals surface area (Å²) in [6.45, 7) is 3.69. The Bertz CT molecular complexity index is 952. The number of aliphatic hydroxyl groups is 1. The van der Waals surface area contributed by atoms with Crippen molar-refractivity contribution in [3.05, 3.63) is 108 Å². The molecule has 0 bridgehead atoms. The predicted octanol–water partition coefficient (Wildman–Crippen LogP) is 3.81. The molecule has 2 atom stereocenters. The molecule has 5 nitrogen and oxygen atoms in total. The molecule has 0 aromatic heterocycles. The maximum absolute atomic E-state index is 13.6. The lowest BCUT2D eigenvalue weighted by molar-refractivity contribution is -0.130. The molecule has 0 radical (unpaired) electrons. The summed E-state index contributed by atoms with van der Waals surface area (Å²) in [6, 6.07) is 26.9. The molecule has 0 heterocycles. The Kier molecular flexibility index (Phi) is 8.17. The number of amides is 2. The molecule has 166 valence electrons. The Morgan fingerprint density at radius 2 is 1.12 bits per heavy atom. The van der Waals surface area contributed by atoms with Crippen LogP contribution in [0.3, 0.4) is 0 Å². The quantitative estimate of drug-likeness (QED) is 0.483. The Hall–Kier alpha value is -3.44. The molecule has 3 aromatic rings. The van der Waals surface area contributed by atoms with Gasteiger partial charge in [-0.05, 0) is 22.6 Å². The van der Waals surface area contributed by atoms with Crippen LogP contribution in [0, 0.1) is 5.92 Å². The van der Waals surface area contributed by atoms with E-state index in [2.05, 4.69) is 10.6 Å². The Balaban J connectivity index is 1.93. The first-order valence-corrected chi connectivity index (χ1v) is 10.9. The number of rotatable bonds is 9. The zero-order valence-corrected chi connectivity index (χ0v) is 18.4. The number of hydrogen-bond donors (Lipinski definition) is 3. The van der Waals surface area contributed by atoms with E-state index in [1.54, 1.807) is 0 Å². The van der Waals surface area contributed by atoms with Gasteiger partial charge in [-0.15, -0.1) is 0 Å². The third-order valence-electron chi connectivity index (χ3n) is 5.54. The fraction of sp³-hybridized carbons (Fsp3) is 0.259. The smallest absolute Gasteiger partial charge is 0.247 e. The minimum absolute atomic E-state index is 0.0532. The third-order valence-corrected chi connectivity index (χ3v) is 5.54. The number of carbonyl (C=O) groups is 2. The van der Waals surface area contributed by atoms with Gasteiger partial charge in [0.25, 0.3) is 0 Å². The van der Waals surface area contributed by atoms with E-state index in [0.717, 1.165) is 11.1 Å². The van der Waals surface area contributed by atoms with E-state index in [1.165, 1.54) is 0 Å². The largest absolute Gasteiger partial charge is 0.394 e. The van der Waals surface area contributed by atoms with Crippen LogP contribution in [0.1, 0.15) is 42.5 Å². The van der Waals surface area contributed by atoms with Crippen LogP contribution in [0.25, 0.3) is 0 Å². The summed E-state index contributed by atoms with van der Waals surface area (Å²) < 4.78 is 0. The SMILES string of the molecule is CC(C)[C@@H](CO)NC(=O)[C@H](NC(=O)C(c1ccccc1)c1ccccc1)c1ccccc1. The molecule has 0 aliphatic rings. The highest BCUT2D eigenvalue weighted by atomic mass is 16.3. The van der Waals surface area contributed by atoms with Crippen molar-refractivity contribution < 1.29 is 14.7 Å². The van der Waals surface area contributed by atoms with Crippen molar-refractivity contribution in [2.45, 2.75) is 31.8 Å². The molecule has 0 aliphatic carbocycles. The number of benzene rings is 3. The van der Waals surface area contributed by atoms with Gasteiger partial charge in [-0.1, -0.05) is 105 Å². The summed E-state index contributed by atoms with van der Waals surface area (Å²) in [5.41, 5.74) is 2.37. The van der Waals surface area contributed by atoms with E-state index in [-0.39, 0.29) is 24.3 Å². The van der Waals surface area contributed by atoms with Gasteiger partial charge in [-0.25, -0.2) is 0 Å². The van der Waals surface area contributed by atoms with Gasteiger partial charge < -0.3 is 15.7 Å². The molecule has 0 saturated heterocycles. The third kappa shape index (κ3) is 5.83. The lowest BCUT2D eigenvalue weighted by Crippen LogP contribution is -2.48. The van der Waals surface area contributed by atoms with Gasteiger partial charge in [-0.2, -0.15) is 0 Å². The highest BCUT2D eigenvalue weighted by Gasteiger charge is 2.30. The fourth-order valence-electron chi connectivity index (χ4n) is 3.65. The van der Waals surface area contributed by atoms with Crippen LogP contribution in [0.4, 0.5) is 0 Å². The summed E-state index contributed by atoms with van der Waals surface area (Å²) in [6.07, 6.45) is 0. The summed E-state index contributed by atoms with van der Waals surface area (Å²) >= 11 is 0. The topological polar surface area (TPSA) is 78.4 Å². The van der Waals surface area contributed by atoms with E-state index in [4.69, 9.17) is 0 Å². The first-order valence-electron chi connectivity index (χ1n) is 10.9. The summed E-state index contributed by atoms with van der Waals surface area (Å²) in [4.78, 5) is 26.8. The molecule has 0 aliphatic heterocycles. The van der Waals surface area contributed by atoms with Gasteiger partial charge in [0.2, 0.25) is 11.8 Å². The molecule has 3 aromatic carbocycles. The molecule has 3 rings (SSSR count). The second-order valence-electron chi connectivity index (χ2n) is 8.15. The van der Waals surface area contributed by atoms with Crippen LogP contribution in [0.5, 0.6) is 0 Å². The highest BCUT2D eigenvalue weighted by Crippen LogP contribution is 2.26. The lowest BCUT2D eigenvalue weighted by atomic mass is 9.90. The van der Waals surface area contributed by atoms with Crippen molar-refractivity contribution in [1.82, 2.24) is 10.6 Å². The molecule has 0 fully saturated rings. The maximum atomic E-state index is 13.6. The molecule has 5 heteroatoms. The van der Waals surface area contributed by atoms with Crippen molar-refractivity contribution in [3.63, 3.8) is 0 Å². The van der Waals surface area contributed by atoms with E-state index in [0.29, 0.717) is 5.56 Å². The monoisotopic (exact) mass is 430 g/mol. The molecular formula is C27H30N2O3. The zero-order chi connectivity index (χ0) is 22.9. The van der Waals surface area contributed by atoms with Crippen LogP contribution >= 0.6 is 0 Å². The average Bonchev–Trinajstić information content (AvgIpc) is 2.82. The highest BCUT2D eigenvalue weighted by molar-refractivity contribution is 5.93. The van der Waals surface area contributed by atoms with Crippen molar-refractivity contribution in [3.8, 4) is 0 Å².